The fourth-order valence-corrected chi connectivity index (χ4v) is 1.90. The van der Waals surface area contributed by atoms with Crippen molar-refractivity contribution in [1.82, 2.24) is 10.3 Å². The molecule has 0 unspecified atom stereocenters. The molecular formula is C14H11N3O3. The molecular weight excluding hydrogens is 258 g/mol. The first-order valence-electron chi connectivity index (χ1n) is 5.99. The fourth-order valence-electron chi connectivity index (χ4n) is 1.90. The maximum Gasteiger partial charge on any atom is 0.296 e. The summed E-state index contributed by atoms with van der Waals surface area (Å²) >= 11 is 0. The number of aromatic nitrogens is 2. The molecule has 100 valence electrons. The zero-order chi connectivity index (χ0) is 13.9. The Kier molecular flexibility index (Phi) is 3.04. The molecule has 6 heteroatoms. The largest absolute Gasteiger partial charge is 0.351 e. The monoisotopic (exact) mass is 269 g/mol. The standard InChI is InChI=1S/C14H11N3O3/c1-9-12(10-5-3-2-4-6-10)14(20-17-9)16-13(18)11-7-8-15-19-11/h2-8H,1H3,(H,16,18). The first-order valence-corrected chi connectivity index (χ1v) is 5.99. The van der Waals surface area contributed by atoms with Gasteiger partial charge >= 0.3 is 0 Å². The number of benzene rings is 1. The summed E-state index contributed by atoms with van der Waals surface area (Å²) in [5, 5.41) is 10.0. The molecule has 0 bridgehead atoms. The Morgan fingerprint density at radius 3 is 2.65 bits per heavy atom. The smallest absolute Gasteiger partial charge is 0.296 e. The molecule has 0 spiro atoms. The minimum Gasteiger partial charge on any atom is -0.351 e. The van der Waals surface area contributed by atoms with Crippen LogP contribution in [-0.2, 0) is 0 Å². The normalized spacial score (nSPS) is 10.4. The summed E-state index contributed by atoms with van der Waals surface area (Å²) < 4.78 is 9.97. The van der Waals surface area contributed by atoms with Crippen LogP contribution in [0, 0.1) is 6.92 Å². The van der Waals surface area contributed by atoms with E-state index in [9.17, 15) is 4.79 Å². The van der Waals surface area contributed by atoms with Crippen LogP contribution >= 0.6 is 0 Å². The van der Waals surface area contributed by atoms with Crippen molar-refractivity contribution < 1.29 is 13.8 Å². The lowest BCUT2D eigenvalue weighted by Gasteiger charge is -2.03. The molecule has 0 saturated carbocycles. The molecule has 0 aliphatic carbocycles. The van der Waals surface area contributed by atoms with Crippen molar-refractivity contribution >= 4 is 11.8 Å². The number of rotatable bonds is 3. The zero-order valence-electron chi connectivity index (χ0n) is 10.7. The highest BCUT2D eigenvalue weighted by Gasteiger charge is 2.19. The van der Waals surface area contributed by atoms with Crippen molar-refractivity contribution in [3.8, 4) is 11.1 Å². The van der Waals surface area contributed by atoms with E-state index < -0.39 is 5.91 Å². The van der Waals surface area contributed by atoms with Crippen LogP contribution in [0.3, 0.4) is 0 Å². The Labute approximate surface area is 114 Å². The number of carbonyl (C=O) groups excluding carboxylic acids is 1. The van der Waals surface area contributed by atoms with Crippen molar-refractivity contribution in [3.05, 3.63) is 54.0 Å². The molecule has 0 aliphatic heterocycles. The Morgan fingerprint density at radius 1 is 1.15 bits per heavy atom. The lowest BCUT2D eigenvalue weighted by molar-refractivity contribution is 0.0985. The van der Waals surface area contributed by atoms with Crippen molar-refractivity contribution in [2.45, 2.75) is 6.92 Å². The van der Waals surface area contributed by atoms with Crippen LogP contribution in [0.4, 0.5) is 5.88 Å². The van der Waals surface area contributed by atoms with Crippen LogP contribution in [0.1, 0.15) is 16.2 Å². The lowest BCUT2D eigenvalue weighted by Crippen LogP contribution is -2.11. The third kappa shape index (κ3) is 2.18. The minimum atomic E-state index is -0.434. The van der Waals surface area contributed by atoms with E-state index in [0.29, 0.717) is 5.69 Å². The third-order valence-corrected chi connectivity index (χ3v) is 2.81. The molecule has 3 rings (SSSR count). The van der Waals surface area contributed by atoms with Gasteiger partial charge in [-0.25, -0.2) is 0 Å². The number of aryl methyl sites for hydroxylation is 1. The van der Waals surface area contributed by atoms with Crippen molar-refractivity contribution in [3.63, 3.8) is 0 Å². The van der Waals surface area contributed by atoms with Crippen LogP contribution < -0.4 is 5.32 Å². The molecule has 0 radical (unpaired) electrons. The Bertz CT molecular complexity index is 717. The number of hydrogen-bond donors (Lipinski definition) is 1. The summed E-state index contributed by atoms with van der Waals surface area (Å²) in [5.41, 5.74) is 2.36. The first kappa shape index (κ1) is 12.2. The molecule has 0 atom stereocenters. The summed E-state index contributed by atoms with van der Waals surface area (Å²) in [7, 11) is 0. The van der Waals surface area contributed by atoms with Crippen molar-refractivity contribution in [2.75, 3.05) is 5.32 Å². The average molecular weight is 269 g/mol. The summed E-state index contributed by atoms with van der Waals surface area (Å²) in [6.45, 7) is 1.82. The molecule has 3 aromatic rings. The van der Waals surface area contributed by atoms with Crippen LogP contribution in [0.15, 0.2) is 51.6 Å². The highest BCUT2D eigenvalue weighted by atomic mass is 16.5. The molecule has 2 heterocycles. The van der Waals surface area contributed by atoms with Crippen LogP contribution in [0.2, 0.25) is 0 Å². The van der Waals surface area contributed by atoms with Crippen LogP contribution in [0.5, 0.6) is 0 Å². The second-order valence-corrected chi connectivity index (χ2v) is 4.17. The van der Waals surface area contributed by atoms with E-state index in [1.165, 1.54) is 12.3 Å². The van der Waals surface area contributed by atoms with Crippen molar-refractivity contribution in [2.24, 2.45) is 0 Å². The Hall–Kier alpha value is -2.89. The molecule has 2 aromatic heterocycles. The second-order valence-electron chi connectivity index (χ2n) is 4.17. The topological polar surface area (TPSA) is 81.2 Å². The molecule has 1 amide bonds. The van der Waals surface area contributed by atoms with Crippen LogP contribution in [0.25, 0.3) is 11.1 Å². The minimum absolute atomic E-state index is 0.109. The highest BCUT2D eigenvalue weighted by molar-refractivity contribution is 6.03. The molecule has 0 aliphatic rings. The summed E-state index contributed by atoms with van der Waals surface area (Å²) in [4.78, 5) is 11.9. The van der Waals surface area contributed by atoms with Gasteiger partial charge in [-0.1, -0.05) is 40.6 Å². The maximum absolute atomic E-state index is 11.9. The van der Waals surface area contributed by atoms with Gasteiger partial charge in [0.25, 0.3) is 5.91 Å². The molecule has 0 saturated heterocycles. The van der Waals surface area contributed by atoms with E-state index in [2.05, 4.69) is 15.6 Å². The van der Waals surface area contributed by atoms with Gasteiger partial charge in [0.05, 0.1) is 17.5 Å². The lowest BCUT2D eigenvalue weighted by atomic mass is 10.1. The van der Waals surface area contributed by atoms with E-state index >= 15 is 0 Å². The van der Waals surface area contributed by atoms with E-state index in [1.807, 2.05) is 37.3 Å². The van der Waals surface area contributed by atoms with E-state index in [0.717, 1.165) is 11.1 Å². The Balaban J connectivity index is 1.94. The van der Waals surface area contributed by atoms with Gasteiger partial charge in [0.2, 0.25) is 11.6 Å². The Morgan fingerprint density at radius 2 is 1.95 bits per heavy atom. The number of carbonyl (C=O) groups is 1. The highest BCUT2D eigenvalue weighted by Crippen LogP contribution is 2.31. The van der Waals surface area contributed by atoms with Gasteiger partial charge in [0.15, 0.2) is 0 Å². The van der Waals surface area contributed by atoms with Gasteiger partial charge in [-0.15, -0.1) is 0 Å². The van der Waals surface area contributed by atoms with E-state index in [4.69, 9.17) is 9.05 Å². The first-order chi connectivity index (χ1) is 9.75. The molecule has 1 N–H and O–H groups in total. The van der Waals surface area contributed by atoms with Gasteiger partial charge < -0.3 is 9.05 Å². The molecule has 0 fully saturated rings. The maximum atomic E-state index is 11.9. The molecule has 6 nitrogen and oxygen atoms in total. The molecule has 20 heavy (non-hydrogen) atoms. The molecule has 1 aromatic carbocycles. The van der Waals surface area contributed by atoms with Gasteiger partial charge in [-0.3, -0.25) is 10.1 Å². The van der Waals surface area contributed by atoms with E-state index in [1.54, 1.807) is 0 Å². The van der Waals surface area contributed by atoms with Gasteiger partial charge in [0, 0.05) is 6.07 Å². The number of nitrogens with one attached hydrogen (secondary N) is 1. The summed E-state index contributed by atoms with van der Waals surface area (Å²) in [6.07, 6.45) is 1.40. The van der Waals surface area contributed by atoms with Crippen molar-refractivity contribution in [1.29, 1.82) is 0 Å². The fraction of sp³-hybridized carbons (Fsp3) is 0.0714. The van der Waals surface area contributed by atoms with Gasteiger partial charge in [0.1, 0.15) is 0 Å². The quantitative estimate of drug-likeness (QED) is 0.790. The number of amides is 1. The zero-order valence-corrected chi connectivity index (χ0v) is 10.7. The number of nitrogens with zero attached hydrogens (tertiary/aromatic N) is 2. The van der Waals surface area contributed by atoms with Crippen LogP contribution in [-0.4, -0.2) is 16.2 Å². The predicted octanol–water partition coefficient (Wildman–Crippen LogP) is 2.89. The number of anilines is 1. The van der Waals surface area contributed by atoms with E-state index in [-0.39, 0.29) is 11.6 Å². The SMILES string of the molecule is Cc1noc(NC(=O)c2ccno2)c1-c1ccccc1. The van der Waals surface area contributed by atoms with Gasteiger partial charge in [-0.2, -0.15) is 0 Å². The predicted molar refractivity (Wildman–Crippen MR) is 71.1 cm³/mol. The average Bonchev–Trinajstić information content (AvgIpc) is 3.10. The third-order valence-electron chi connectivity index (χ3n) is 2.81. The van der Waals surface area contributed by atoms with Gasteiger partial charge in [-0.05, 0) is 12.5 Å². The summed E-state index contributed by atoms with van der Waals surface area (Å²) in [6, 6.07) is 11.0. The second kappa shape index (κ2) is 5.00. The summed E-state index contributed by atoms with van der Waals surface area (Å²) in [5.74, 6) is -0.0380. The number of hydrogen-bond acceptors (Lipinski definition) is 5.